The maximum absolute atomic E-state index is 11.4. The van der Waals surface area contributed by atoms with E-state index in [1.54, 1.807) is 11.2 Å². The second-order valence-corrected chi connectivity index (χ2v) is 3.58. The predicted molar refractivity (Wildman–Crippen MR) is 55.1 cm³/mol. The molecule has 0 bridgehead atoms. The van der Waals surface area contributed by atoms with E-state index in [9.17, 15) is 4.79 Å². The van der Waals surface area contributed by atoms with Crippen LogP contribution in [0.2, 0.25) is 0 Å². The molecule has 2 N–H and O–H groups in total. The van der Waals surface area contributed by atoms with Crippen molar-refractivity contribution < 1.29 is 4.79 Å². The number of carbonyl (C=O) groups is 1. The molecular formula is C10H14N4O. The summed E-state index contributed by atoms with van der Waals surface area (Å²) in [5, 5.41) is 0. The monoisotopic (exact) mass is 206 g/mol. The van der Waals surface area contributed by atoms with Gasteiger partial charge < -0.3 is 10.6 Å². The molecule has 0 saturated heterocycles. The Labute approximate surface area is 88.3 Å². The van der Waals surface area contributed by atoms with Crippen molar-refractivity contribution in [2.24, 2.45) is 5.73 Å². The molecule has 0 aromatic carbocycles. The van der Waals surface area contributed by atoms with E-state index in [1.807, 2.05) is 6.20 Å². The highest BCUT2D eigenvalue weighted by Crippen LogP contribution is 2.11. The van der Waals surface area contributed by atoms with Gasteiger partial charge >= 0.3 is 0 Å². The largest absolute Gasteiger partial charge is 0.341 e. The standard InChI is InChI=1S/C10H14N4O/c11-5-10(15)14-3-1-8-6-12-7-13-9(8)2-4-14/h6-7H,1-5,11H2. The third kappa shape index (κ3) is 2.12. The zero-order valence-corrected chi connectivity index (χ0v) is 8.52. The molecule has 0 fully saturated rings. The Morgan fingerprint density at radius 1 is 1.47 bits per heavy atom. The van der Waals surface area contributed by atoms with Crippen molar-refractivity contribution in [3.05, 3.63) is 23.8 Å². The van der Waals surface area contributed by atoms with Crippen LogP contribution in [0.3, 0.4) is 0 Å². The second kappa shape index (κ2) is 4.35. The van der Waals surface area contributed by atoms with Crippen molar-refractivity contribution in [3.63, 3.8) is 0 Å². The maximum atomic E-state index is 11.4. The summed E-state index contributed by atoms with van der Waals surface area (Å²) >= 11 is 0. The van der Waals surface area contributed by atoms with Gasteiger partial charge in [-0.1, -0.05) is 0 Å². The second-order valence-electron chi connectivity index (χ2n) is 3.58. The smallest absolute Gasteiger partial charge is 0.236 e. The van der Waals surface area contributed by atoms with Gasteiger partial charge in [0.2, 0.25) is 5.91 Å². The van der Waals surface area contributed by atoms with Crippen molar-refractivity contribution in [2.45, 2.75) is 12.8 Å². The SMILES string of the molecule is NCC(=O)N1CCc2cncnc2CC1. The molecule has 80 valence electrons. The molecule has 5 nitrogen and oxygen atoms in total. The first kappa shape index (κ1) is 10.0. The van der Waals surface area contributed by atoms with Gasteiger partial charge in [0.05, 0.1) is 6.54 Å². The van der Waals surface area contributed by atoms with E-state index in [1.165, 1.54) is 0 Å². The maximum Gasteiger partial charge on any atom is 0.236 e. The van der Waals surface area contributed by atoms with Crippen LogP contribution >= 0.6 is 0 Å². The lowest BCUT2D eigenvalue weighted by Gasteiger charge is -2.18. The first-order valence-corrected chi connectivity index (χ1v) is 5.07. The summed E-state index contributed by atoms with van der Waals surface area (Å²) in [5.41, 5.74) is 7.54. The van der Waals surface area contributed by atoms with Gasteiger partial charge in [-0.25, -0.2) is 9.97 Å². The van der Waals surface area contributed by atoms with Gasteiger partial charge in [-0.15, -0.1) is 0 Å². The lowest BCUT2D eigenvalue weighted by molar-refractivity contribution is -0.129. The molecule has 1 aliphatic rings. The quantitative estimate of drug-likeness (QED) is 0.663. The van der Waals surface area contributed by atoms with Crippen molar-refractivity contribution in [3.8, 4) is 0 Å². The van der Waals surface area contributed by atoms with Crippen LogP contribution in [0.15, 0.2) is 12.5 Å². The Hall–Kier alpha value is -1.49. The van der Waals surface area contributed by atoms with Gasteiger partial charge in [0.25, 0.3) is 0 Å². The molecule has 0 aliphatic carbocycles. The van der Waals surface area contributed by atoms with E-state index in [0.29, 0.717) is 6.54 Å². The van der Waals surface area contributed by atoms with Crippen molar-refractivity contribution in [1.82, 2.24) is 14.9 Å². The number of rotatable bonds is 1. The van der Waals surface area contributed by atoms with Crippen molar-refractivity contribution >= 4 is 5.91 Å². The van der Waals surface area contributed by atoms with Crippen LogP contribution in [0.1, 0.15) is 11.3 Å². The summed E-state index contributed by atoms with van der Waals surface area (Å²) in [6, 6.07) is 0. The number of hydrogen-bond donors (Lipinski definition) is 1. The summed E-state index contributed by atoms with van der Waals surface area (Å²) in [4.78, 5) is 21.4. The highest BCUT2D eigenvalue weighted by Gasteiger charge is 2.17. The highest BCUT2D eigenvalue weighted by molar-refractivity contribution is 5.78. The molecule has 1 aliphatic heterocycles. The minimum Gasteiger partial charge on any atom is -0.341 e. The van der Waals surface area contributed by atoms with Gasteiger partial charge in [-0.05, 0) is 12.0 Å². The van der Waals surface area contributed by atoms with Crippen LogP contribution in [0, 0.1) is 0 Å². The molecule has 15 heavy (non-hydrogen) atoms. The van der Waals surface area contributed by atoms with E-state index in [-0.39, 0.29) is 12.5 Å². The number of hydrogen-bond acceptors (Lipinski definition) is 4. The summed E-state index contributed by atoms with van der Waals surface area (Å²) in [6.07, 6.45) is 5.00. The normalized spacial score (nSPS) is 15.7. The number of fused-ring (bicyclic) bond motifs is 1. The fourth-order valence-corrected chi connectivity index (χ4v) is 1.80. The topological polar surface area (TPSA) is 72.1 Å². The summed E-state index contributed by atoms with van der Waals surface area (Å²) < 4.78 is 0. The van der Waals surface area contributed by atoms with Crippen molar-refractivity contribution in [2.75, 3.05) is 19.6 Å². The molecule has 0 saturated carbocycles. The minimum absolute atomic E-state index is 0.00997. The fraction of sp³-hybridized carbons (Fsp3) is 0.500. The van der Waals surface area contributed by atoms with E-state index in [4.69, 9.17) is 5.73 Å². The first-order chi connectivity index (χ1) is 7.31. The van der Waals surface area contributed by atoms with Gasteiger partial charge in [0.1, 0.15) is 6.33 Å². The van der Waals surface area contributed by atoms with Crippen LogP contribution in [0.25, 0.3) is 0 Å². The first-order valence-electron chi connectivity index (χ1n) is 5.07. The van der Waals surface area contributed by atoms with Crippen molar-refractivity contribution in [1.29, 1.82) is 0 Å². The average molecular weight is 206 g/mol. The Kier molecular flexibility index (Phi) is 2.91. The molecule has 0 radical (unpaired) electrons. The zero-order chi connectivity index (χ0) is 10.7. The van der Waals surface area contributed by atoms with E-state index >= 15 is 0 Å². The molecular weight excluding hydrogens is 192 g/mol. The Balaban J connectivity index is 2.12. The highest BCUT2D eigenvalue weighted by atomic mass is 16.2. The fourth-order valence-electron chi connectivity index (χ4n) is 1.80. The molecule has 0 atom stereocenters. The molecule has 0 spiro atoms. The molecule has 2 heterocycles. The molecule has 2 rings (SSSR count). The van der Waals surface area contributed by atoms with Gasteiger partial charge in [-0.3, -0.25) is 4.79 Å². The van der Waals surface area contributed by atoms with E-state index in [2.05, 4.69) is 9.97 Å². The number of aromatic nitrogens is 2. The third-order valence-electron chi connectivity index (χ3n) is 2.68. The summed E-state index contributed by atoms with van der Waals surface area (Å²) in [7, 11) is 0. The lowest BCUT2D eigenvalue weighted by Crippen LogP contribution is -2.37. The van der Waals surface area contributed by atoms with Crippen LogP contribution in [0.4, 0.5) is 0 Å². The Morgan fingerprint density at radius 2 is 2.27 bits per heavy atom. The van der Waals surface area contributed by atoms with Gasteiger partial charge in [0.15, 0.2) is 0 Å². The minimum atomic E-state index is 0.00997. The van der Waals surface area contributed by atoms with Crippen LogP contribution in [0.5, 0.6) is 0 Å². The molecule has 1 amide bonds. The van der Waals surface area contributed by atoms with Gasteiger partial charge in [0, 0.05) is 31.4 Å². The number of carbonyl (C=O) groups excluding carboxylic acids is 1. The zero-order valence-electron chi connectivity index (χ0n) is 8.52. The third-order valence-corrected chi connectivity index (χ3v) is 2.68. The number of amides is 1. The predicted octanol–water partition coefficient (Wildman–Crippen LogP) is -0.637. The average Bonchev–Trinajstić information content (AvgIpc) is 2.50. The Bertz CT molecular complexity index is 339. The van der Waals surface area contributed by atoms with E-state index in [0.717, 1.165) is 30.6 Å². The summed E-state index contributed by atoms with van der Waals surface area (Å²) in [6.45, 7) is 1.51. The number of nitrogens with two attached hydrogens (primary N) is 1. The number of nitrogens with zero attached hydrogens (tertiary/aromatic N) is 3. The molecule has 1 aromatic rings. The molecule has 5 heteroatoms. The van der Waals surface area contributed by atoms with Crippen LogP contribution < -0.4 is 5.73 Å². The van der Waals surface area contributed by atoms with Crippen LogP contribution in [-0.4, -0.2) is 40.4 Å². The summed E-state index contributed by atoms with van der Waals surface area (Å²) in [5.74, 6) is 0.00997. The van der Waals surface area contributed by atoms with Crippen LogP contribution in [-0.2, 0) is 17.6 Å². The van der Waals surface area contributed by atoms with E-state index < -0.39 is 0 Å². The Morgan fingerprint density at radius 3 is 3.07 bits per heavy atom. The lowest BCUT2D eigenvalue weighted by atomic mass is 10.1. The molecule has 0 unspecified atom stereocenters. The molecule has 1 aromatic heterocycles. The van der Waals surface area contributed by atoms with Gasteiger partial charge in [-0.2, -0.15) is 0 Å².